The first-order chi connectivity index (χ1) is 13.9. The number of likely N-dealkylation sites (N-methyl/N-ethyl adjacent to an activating group) is 1. The van der Waals surface area contributed by atoms with Crippen LogP contribution < -0.4 is 0 Å². The molecule has 2 aliphatic heterocycles. The molecular formula is C21H24N2O4S2. The molecule has 1 aromatic carbocycles. The number of piperazine rings is 1. The molecular weight excluding hydrogens is 408 g/mol. The van der Waals surface area contributed by atoms with E-state index in [-0.39, 0.29) is 0 Å². The molecule has 1 atom stereocenters. The van der Waals surface area contributed by atoms with Gasteiger partial charge in [-0.2, -0.15) is 0 Å². The van der Waals surface area contributed by atoms with Crippen LogP contribution in [0.15, 0.2) is 57.0 Å². The van der Waals surface area contributed by atoms with Crippen molar-refractivity contribution < 1.29 is 19.8 Å². The Bertz CT molecular complexity index is 872. The Kier molecular flexibility index (Phi) is 7.49. The summed E-state index contributed by atoms with van der Waals surface area (Å²) in [5, 5.41) is 17.9. The number of carbonyl (C=O) groups is 2. The highest BCUT2D eigenvalue weighted by Gasteiger charge is 2.29. The van der Waals surface area contributed by atoms with E-state index in [1.165, 1.54) is 40.8 Å². The van der Waals surface area contributed by atoms with Crippen LogP contribution in [0.5, 0.6) is 0 Å². The lowest BCUT2D eigenvalue weighted by Gasteiger charge is -2.38. The van der Waals surface area contributed by atoms with Crippen molar-refractivity contribution in [3.05, 3.63) is 59.0 Å². The minimum atomic E-state index is -1.26. The molecule has 2 N–H and O–H groups in total. The Balaban J connectivity index is 0.000000258. The molecule has 0 saturated carbocycles. The fourth-order valence-electron chi connectivity index (χ4n) is 3.43. The van der Waals surface area contributed by atoms with Gasteiger partial charge >= 0.3 is 11.9 Å². The molecule has 3 heterocycles. The largest absolute Gasteiger partial charge is 0.478 e. The molecule has 0 spiro atoms. The summed E-state index contributed by atoms with van der Waals surface area (Å²) in [6, 6.07) is 11.8. The number of thiophene rings is 1. The molecule has 0 aliphatic carbocycles. The van der Waals surface area contributed by atoms with Crippen molar-refractivity contribution in [2.45, 2.75) is 21.6 Å². The van der Waals surface area contributed by atoms with Crippen LogP contribution in [0.2, 0.25) is 0 Å². The molecule has 154 valence electrons. The van der Waals surface area contributed by atoms with Crippen LogP contribution in [-0.4, -0.2) is 65.2 Å². The Morgan fingerprint density at radius 1 is 1.03 bits per heavy atom. The number of rotatable bonds is 3. The molecule has 2 aliphatic rings. The Hall–Kier alpha value is -2.13. The van der Waals surface area contributed by atoms with Crippen molar-refractivity contribution in [2.24, 2.45) is 0 Å². The number of nitrogens with zero attached hydrogens (tertiary/aromatic N) is 2. The van der Waals surface area contributed by atoms with Crippen LogP contribution >= 0.6 is 23.1 Å². The van der Waals surface area contributed by atoms with Crippen molar-refractivity contribution in [2.75, 3.05) is 33.2 Å². The summed E-state index contributed by atoms with van der Waals surface area (Å²) in [5.41, 5.74) is 3.06. The minimum absolute atomic E-state index is 0.552. The summed E-state index contributed by atoms with van der Waals surface area (Å²) in [6.45, 7) is 4.74. The van der Waals surface area contributed by atoms with E-state index in [1.807, 2.05) is 23.1 Å². The fraction of sp³-hybridized carbons (Fsp3) is 0.333. The van der Waals surface area contributed by atoms with E-state index in [1.54, 1.807) is 5.56 Å². The van der Waals surface area contributed by atoms with Gasteiger partial charge < -0.3 is 15.1 Å². The number of aliphatic carboxylic acids is 2. The summed E-state index contributed by atoms with van der Waals surface area (Å²) in [5.74, 6) is -2.51. The van der Waals surface area contributed by atoms with Gasteiger partial charge in [-0.15, -0.1) is 11.3 Å². The van der Waals surface area contributed by atoms with Crippen molar-refractivity contribution in [3.8, 4) is 0 Å². The maximum absolute atomic E-state index is 9.55. The second-order valence-electron chi connectivity index (χ2n) is 6.94. The lowest BCUT2D eigenvalue weighted by atomic mass is 9.99. The quantitative estimate of drug-likeness (QED) is 0.719. The number of hydrogen-bond donors (Lipinski definition) is 2. The van der Waals surface area contributed by atoms with Crippen molar-refractivity contribution >= 4 is 35.0 Å². The van der Waals surface area contributed by atoms with Crippen LogP contribution in [0.4, 0.5) is 0 Å². The third-order valence-corrected chi connectivity index (χ3v) is 7.25. The summed E-state index contributed by atoms with van der Waals surface area (Å²) >= 11 is 3.86. The number of carboxylic acid groups (broad SMARTS) is 2. The Morgan fingerprint density at radius 3 is 2.34 bits per heavy atom. The Labute approximate surface area is 178 Å². The van der Waals surface area contributed by atoms with E-state index < -0.39 is 11.9 Å². The summed E-state index contributed by atoms with van der Waals surface area (Å²) in [4.78, 5) is 25.7. The van der Waals surface area contributed by atoms with E-state index in [2.05, 4.69) is 52.6 Å². The van der Waals surface area contributed by atoms with Crippen molar-refractivity contribution in [3.63, 3.8) is 0 Å². The summed E-state index contributed by atoms with van der Waals surface area (Å²) in [6.07, 6.45) is 2.27. The summed E-state index contributed by atoms with van der Waals surface area (Å²) in [7, 11) is 2.23. The van der Waals surface area contributed by atoms with E-state index in [9.17, 15) is 9.59 Å². The molecule has 1 aromatic heterocycles. The maximum atomic E-state index is 9.55. The van der Waals surface area contributed by atoms with E-state index in [4.69, 9.17) is 10.2 Å². The smallest absolute Gasteiger partial charge is 0.328 e. The first-order valence-electron chi connectivity index (χ1n) is 9.33. The standard InChI is InChI=1S/C17H20N2S2.C4H4O4/c1-18-7-9-19(10-8-18)15-12-13-4-2-3-5-16(13)21-17-14(15)6-11-20-17;5-3(6)1-2-4(7)8/h2-6,11,15H,7-10,12H2,1H3;1-2H,(H,5,6)(H,7,8)/b;2-1+. The number of fused-ring (bicyclic) bond motifs is 2. The Morgan fingerprint density at radius 2 is 1.69 bits per heavy atom. The van der Waals surface area contributed by atoms with Gasteiger partial charge in [0.05, 0.1) is 4.21 Å². The van der Waals surface area contributed by atoms with Crippen molar-refractivity contribution in [1.82, 2.24) is 9.80 Å². The predicted octanol–water partition coefficient (Wildman–Crippen LogP) is 3.46. The zero-order chi connectivity index (χ0) is 20.8. The van der Waals surface area contributed by atoms with Gasteiger partial charge in [0, 0.05) is 49.3 Å². The molecule has 6 nitrogen and oxygen atoms in total. The van der Waals surface area contributed by atoms with Crippen LogP contribution in [0, 0.1) is 0 Å². The van der Waals surface area contributed by atoms with Gasteiger partial charge in [0.25, 0.3) is 0 Å². The molecule has 0 radical (unpaired) electrons. The topological polar surface area (TPSA) is 81.1 Å². The third kappa shape index (κ3) is 5.93. The zero-order valence-electron chi connectivity index (χ0n) is 16.2. The van der Waals surface area contributed by atoms with Crippen LogP contribution in [0.25, 0.3) is 0 Å². The molecule has 1 unspecified atom stereocenters. The first kappa shape index (κ1) is 21.6. The van der Waals surface area contributed by atoms with E-state index in [0.717, 1.165) is 6.42 Å². The van der Waals surface area contributed by atoms with Gasteiger partial charge in [0.2, 0.25) is 0 Å². The normalized spacial score (nSPS) is 19.6. The lowest BCUT2D eigenvalue weighted by molar-refractivity contribution is -0.134. The molecule has 1 fully saturated rings. The highest BCUT2D eigenvalue weighted by Crippen LogP contribution is 2.45. The number of hydrogen-bond acceptors (Lipinski definition) is 6. The van der Waals surface area contributed by atoms with Gasteiger partial charge in [0.1, 0.15) is 0 Å². The highest BCUT2D eigenvalue weighted by molar-refractivity contribution is 8.01. The van der Waals surface area contributed by atoms with E-state index >= 15 is 0 Å². The predicted molar refractivity (Wildman–Crippen MR) is 115 cm³/mol. The monoisotopic (exact) mass is 432 g/mol. The van der Waals surface area contributed by atoms with Crippen LogP contribution in [0.1, 0.15) is 17.2 Å². The van der Waals surface area contributed by atoms with Gasteiger partial charge in [-0.05, 0) is 42.1 Å². The van der Waals surface area contributed by atoms with Crippen molar-refractivity contribution in [1.29, 1.82) is 0 Å². The first-order valence-corrected chi connectivity index (χ1v) is 11.0. The molecule has 2 aromatic rings. The lowest BCUT2D eigenvalue weighted by Crippen LogP contribution is -2.46. The van der Waals surface area contributed by atoms with Gasteiger partial charge in [-0.3, -0.25) is 4.90 Å². The molecule has 8 heteroatoms. The van der Waals surface area contributed by atoms with E-state index in [0.29, 0.717) is 18.2 Å². The SMILES string of the molecule is CN1CCN(C2Cc3ccccc3Sc3sccc32)CC1.O=C(O)/C=C/C(=O)O. The average Bonchev–Trinajstić information content (AvgIpc) is 3.09. The average molecular weight is 433 g/mol. The highest BCUT2D eigenvalue weighted by atomic mass is 32.2. The van der Waals surface area contributed by atoms with Gasteiger partial charge in [0.15, 0.2) is 0 Å². The minimum Gasteiger partial charge on any atom is -0.478 e. The zero-order valence-corrected chi connectivity index (χ0v) is 17.8. The molecule has 4 rings (SSSR count). The second-order valence-corrected chi connectivity index (χ2v) is 9.17. The van der Waals surface area contributed by atoms with Crippen LogP contribution in [-0.2, 0) is 16.0 Å². The third-order valence-electron chi connectivity index (χ3n) is 4.95. The molecule has 29 heavy (non-hydrogen) atoms. The van der Waals surface area contributed by atoms with Gasteiger partial charge in [-0.1, -0.05) is 30.0 Å². The summed E-state index contributed by atoms with van der Waals surface area (Å²) < 4.78 is 1.49. The fourth-order valence-corrected chi connectivity index (χ4v) is 5.69. The molecule has 0 amide bonds. The second kappa shape index (κ2) is 10.1. The van der Waals surface area contributed by atoms with Gasteiger partial charge in [-0.25, -0.2) is 9.59 Å². The van der Waals surface area contributed by atoms with Crippen LogP contribution in [0.3, 0.4) is 0 Å². The number of benzene rings is 1. The maximum Gasteiger partial charge on any atom is 0.328 e. The molecule has 1 saturated heterocycles. The molecule has 0 bridgehead atoms. The number of carboxylic acids is 2.